The first-order chi connectivity index (χ1) is 9.65. The molecule has 0 aromatic heterocycles. The lowest BCUT2D eigenvalue weighted by molar-refractivity contribution is 0.0535. The van der Waals surface area contributed by atoms with E-state index in [2.05, 4.69) is 17.9 Å². The maximum atomic E-state index is 11.5. The third-order valence-corrected chi connectivity index (χ3v) is 5.31. The summed E-state index contributed by atoms with van der Waals surface area (Å²) in [6.45, 7) is 5.97. The number of rotatable bonds is 3. The van der Waals surface area contributed by atoms with E-state index in [9.17, 15) is 4.79 Å². The van der Waals surface area contributed by atoms with Crippen molar-refractivity contribution in [2.24, 2.45) is 17.6 Å². The van der Waals surface area contributed by atoms with Gasteiger partial charge in [-0.15, -0.1) is 0 Å². The van der Waals surface area contributed by atoms with E-state index in [1.807, 2.05) is 6.07 Å². The van der Waals surface area contributed by atoms with Gasteiger partial charge in [0.1, 0.15) is 6.61 Å². The minimum atomic E-state index is -0.178. The number of piperidine rings is 1. The number of carbonyl (C=O) groups is 1. The predicted molar refractivity (Wildman–Crippen MR) is 75.4 cm³/mol. The molecule has 2 heterocycles. The number of carbonyl (C=O) groups excluding carboxylic acids is 1. The molecule has 1 aromatic carbocycles. The normalized spacial score (nSPS) is 31.1. The lowest BCUT2D eigenvalue weighted by atomic mass is 9.97. The molecular formula is C16H20N2O2. The van der Waals surface area contributed by atoms with E-state index >= 15 is 0 Å². The van der Waals surface area contributed by atoms with Crippen LogP contribution in [0, 0.1) is 18.8 Å². The minimum Gasteiger partial charge on any atom is -0.457 e. The molecule has 2 aliphatic heterocycles. The Hall–Kier alpha value is -1.39. The van der Waals surface area contributed by atoms with Crippen LogP contribution in [0.5, 0.6) is 0 Å². The van der Waals surface area contributed by atoms with E-state index in [0.717, 1.165) is 49.0 Å². The van der Waals surface area contributed by atoms with E-state index in [-0.39, 0.29) is 5.97 Å². The summed E-state index contributed by atoms with van der Waals surface area (Å²) >= 11 is 0. The number of hydrogen-bond donors (Lipinski definition) is 1. The maximum Gasteiger partial charge on any atom is 0.338 e. The molecule has 0 amide bonds. The summed E-state index contributed by atoms with van der Waals surface area (Å²) in [6.07, 6.45) is 1.04. The van der Waals surface area contributed by atoms with Crippen LogP contribution in [0.1, 0.15) is 27.0 Å². The molecule has 106 valence electrons. The van der Waals surface area contributed by atoms with Gasteiger partial charge in [-0.3, -0.25) is 0 Å². The van der Waals surface area contributed by atoms with Crippen molar-refractivity contribution in [2.45, 2.75) is 26.0 Å². The zero-order chi connectivity index (χ0) is 13.9. The molecule has 1 saturated carbocycles. The molecule has 4 nitrogen and oxygen atoms in total. The van der Waals surface area contributed by atoms with E-state index in [4.69, 9.17) is 10.5 Å². The summed E-state index contributed by atoms with van der Waals surface area (Å²) in [5.74, 6) is 1.33. The second kappa shape index (κ2) is 4.30. The first kappa shape index (κ1) is 12.4. The van der Waals surface area contributed by atoms with Gasteiger partial charge in [-0.05, 0) is 42.4 Å². The zero-order valence-electron chi connectivity index (χ0n) is 11.8. The highest BCUT2D eigenvalue weighted by molar-refractivity contribution is 5.93. The fourth-order valence-electron chi connectivity index (χ4n) is 3.79. The topological polar surface area (TPSA) is 55.6 Å². The van der Waals surface area contributed by atoms with Gasteiger partial charge in [-0.25, -0.2) is 4.79 Å². The van der Waals surface area contributed by atoms with Crippen molar-refractivity contribution >= 4 is 5.97 Å². The SMILES string of the molecule is Cc1c(CCN2CC3C(N)C3C2)ccc2c1COC2=O. The number of cyclic esters (lactones) is 1. The first-order valence-electron chi connectivity index (χ1n) is 7.41. The zero-order valence-corrected chi connectivity index (χ0v) is 11.8. The van der Waals surface area contributed by atoms with E-state index < -0.39 is 0 Å². The minimum absolute atomic E-state index is 0.178. The van der Waals surface area contributed by atoms with Crippen LogP contribution in [0.2, 0.25) is 0 Å². The standard InChI is InChI=1S/C16H20N2O2/c1-9-10(2-3-11-14(9)8-20-16(11)19)4-5-18-6-12-13(7-18)15(12)17/h2-3,12-13,15H,4-8,17H2,1H3. The molecule has 20 heavy (non-hydrogen) atoms. The summed E-state index contributed by atoms with van der Waals surface area (Å²) in [5, 5.41) is 0. The highest BCUT2D eigenvalue weighted by Gasteiger charge is 2.53. The van der Waals surface area contributed by atoms with Crippen molar-refractivity contribution in [3.05, 3.63) is 34.4 Å². The van der Waals surface area contributed by atoms with Gasteiger partial charge in [-0.1, -0.05) is 6.07 Å². The van der Waals surface area contributed by atoms with Gasteiger partial charge in [0.2, 0.25) is 0 Å². The number of esters is 1. The molecule has 4 heteroatoms. The molecule has 0 radical (unpaired) electrons. The molecule has 1 aromatic rings. The van der Waals surface area contributed by atoms with Gasteiger partial charge < -0.3 is 15.4 Å². The van der Waals surface area contributed by atoms with Crippen LogP contribution in [-0.2, 0) is 17.8 Å². The predicted octanol–water partition coefficient (Wildman–Crippen LogP) is 1.10. The van der Waals surface area contributed by atoms with E-state index in [1.165, 1.54) is 11.1 Å². The fraction of sp³-hybridized carbons (Fsp3) is 0.562. The number of likely N-dealkylation sites (tertiary alicyclic amines) is 1. The summed E-state index contributed by atoms with van der Waals surface area (Å²) < 4.78 is 5.11. The van der Waals surface area contributed by atoms with E-state index in [1.54, 1.807) is 0 Å². The van der Waals surface area contributed by atoms with Gasteiger partial charge in [0.15, 0.2) is 0 Å². The van der Waals surface area contributed by atoms with Crippen LogP contribution in [0.3, 0.4) is 0 Å². The lowest BCUT2D eigenvalue weighted by Gasteiger charge is -2.19. The van der Waals surface area contributed by atoms with Gasteiger partial charge >= 0.3 is 5.97 Å². The van der Waals surface area contributed by atoms with Crippen molar-refractivity contribution in [1.82, 2.24) is 4.90 Å². The largest absolute Gasteiger partial charge is 0.457 e. The molecule has 2 fully saturated rings. The molecule has 3 aliphatic rings. The maximum absolute atomic E-state index is 11.5. The molecule has 1 aliphatic carbocycles. The summed E-state index contributed by atoms with van der Waals surface area (Å²) in [4.78, 5) is 14.0. The Balaban J connectivity index is 1.44. The van der Waals surface area contributed by atoms with Crippen LogP contribution in [0.25, 0.3) is 0 Å². The van der Waals surface area contributed by atoms with Crippen LogP contribution in [-0.4, -0.2) is 36.5 Å². The monoisotopic (exact) mass is 272 g/mol. The van der Waals surface area contributed by atoms with Crippen molar-refractivity contribution in [3.63, 3.8) is 0 Å². The van der Waals surface area contributed by atoms with Crippen molar-refractivity contribution < 1.29 is 9.53 Å². The number of nitrogens with zero attached hydrogens (tertiary/aromatic N) is 1. The van der Waals surface area contributed by atoms with Crippen molar-refractivity contribution in [1.29, 1.82) is 0 Å². The molecular weight excluding hydrogens is 252 g/mol. The third kappa shape index (κ3) is 1.79. The highest BCUT2D eigenvalue weighted by Crippen LogP contribution is 2.43. The third-order valence-electron chi connectivity index (χ3n) is 5.31. The molecule has 2 unspecified atom stereocenters. The molecule has 2 N–H and O–H groups in total. The number of ether oxygens (including phenoxy) is 1. The van der Waals surface area contributed by atoms with Gasteiger partial charge in [0.05, 0.1) is 5.56 Å². The van der Waals surface area contributed by atoms with Gasteiger partial charge in [0.25, 0.3) is 0 Å². The summed E-state index contributed by atoms with van der Waals surface area (Å²) in [5.41, 5.74) is 10.4. The Morgan fingerprint density at radius 1 is 1.35 bits per heavy atom. The van der Waals surface area contributed by atoms with E-state index in [0.29, 0.717) is 12.6 Å². The number of benzene rings is 1. The Morgan fingerprint density at radius 2 is 2.10 bits per heavy atom. The highest BCUT2D eigenvalue weighted by atomic mass is 16.5. The lowest BCUT2D eigenvalue weighted by Crippen LogP contribution is -2.30. The van der Waals surface area contributed by atoms with Crippen LogP contribution < -0.4 is 5.73 Å². The fourth-order valence-corrected chi connectivity index (χ4v) is 3.79. The molecule has 4 rings (SSSR count). The average molecular weight is 272 g/mol. The quantitative estimate of drug-likeness (QED) is 0.837. The van der Waals surface area contributed by atoms with Crippen molar-refractivity contribution in [2.75, 3.05) is 19.6 Å². The summed E-state index contributed by atoms with van der Waals surface area (Å²) in [7, 11) is 0. The Labute approximate surface area is 118 Å². The Kier molecular flexibility index (Phi) is 2.66. The summed E-state index contributed by atoms with van der Waals surface area (Å²) in [6, 6.07) is 4.48. The Bertz CT molecular complexity index is 572. The smallest absolute Gasteiger partial charge is 0.338 e. The number of hydrogen-bond acceptors (Lipinski definition) is 4. The number of nitrogens with two attached hydrogens (primary N) is 1. The number of fused-ring (bicyclic) bond motifs is 2. The molecule has 0 bridgehead atoms. The van der Waals surface area contributed by atoms with Crippen LogP contribution in [0.4, 0.5) is 0 Å². The second-order valence-corrected chi connectivity index (χ2v) is 6.37. The van der Waals surface area contributed by atoms with Gasteiger partial charge in [-0.2, -0.15) is 0 Å². The van der Waals surface area contributed by atoms with Crippen molar-refractivity contribution in [3.8, 4) is 0 Å². The Morgan fingerprint density at radius 3 is 2.85 bits per heavy atom. The molecule has 2 atom stereocenters. The first-order valence-corrected chi connectivity index (χ1v) is 7.41. The second-order valence-electron chi connectivity index (χ2n) is 6.37. The molecule has 1 saturated heterocycles. The average Bonchev–Trinajstić information content (AvgIpc) is 2.85. The molecule has 0 spiro atoms. The van der Waals surface area contributed by atoms with Crippen LogP contribution in [0.15, 0.2) is 12.1 Å². The van der Waals surface area contributed by atoms with Crippen LogP contribution >= 0.6 is 0 Å². The van der Waals surface area contributed by atoms with Gasteiger partial charge in [0, 0.05) is 31.2 Å².